The molecule has 128 heavy (non-hydrogen) atoms. The monoisotopic (exact) mass is 1710 g/mol. The van der Waals surface area contributed by atoms with Gasteiger partial charge in [0.15, 0.2) is 5.78 Å². The van der Waals surface area contributed by atoms with Gasteiger partial charge >= 0.3 is 0 Å². The molecule has 0 radical (unpaired) electrons. The number of hydrogen-bond donors (Lipinski definition) is 2. The summed E-state index contributed by atoms with van der Waals surface area (Å²) in [7, 11) is 3.28. The number of ether oxygens (including phenoxy) is 2. The van der Waals surface area contributed by atoms with Gasteiger partial charge in [-0.3, -0.25) is 24.1 Å². The highest BCUT2D eigenvalue weighted by Crippen LogP contribution is 2.52. The van der Waals surface area contributed by atoms with Gasteiger partial charge in [-0.25, -0.2) is 14.0 Å². The highest BCUT2D eigenvalue weighted by molar-refractivity contribution is 5.86. The molecule has 22 nitrogen and oxygen atoms in total. The summed E-state index contributed by atoms with van der Waals surface area (Å²) in [6.07, 6.45) is 29.5. The number of rotatable bonds is 31. The largest absolute Gasteiger partial charge is 0.497 e. The average molecular weight is 1720 g/mol. The lowest BCUT2D eigenvalue weighted by atomic mass is 9.82. The van der Waals surface area contributed by atoms with E-state index >= 15 is 0 Å². The van der Waals surface area contributed by atoms with Crippen LogP contribution in [0.25, 0.3) is 39.6 Å². The number of carbonyl (C=O) groups excluding carboxylic acids is 4. The normalized spacial score (nSPS) is 23.7. The van der Waals surface area contributed by atoms with Crippen molar-refractivity contribution < 1.29 is 33.8 Å². The number of methoxy groups -OCH3 is 2. The molecule has 2 saturated heterocycles. The van der Waals surface area contributed by atoms with E-state index in [9.17, 15) is 45.3 Å². The van der Waals surface area contributed by atoms with E-state index in [0.717, 1.165) is 137 Å². The van der Waals surface area contributed by atoms with Crippen molar-refractivity contribution in [1.82, 2.24) is 55.2 Å². The summed E-state index contributed by atoms with van der Waals surface area (Å²) in [4.78, 5) is 53.7. The molecule has 0 amide bonds. The molecule has 8 bridgehead atoms. The van der Waals surface area contributed by atoms with E-state index in [1.807, 2.05) is 134 Å². The quantitative estimate of drug-likeness (QED) is 0.0408. The lowest BCUT2D eigenvalue weighted by Crippen LogP contribution is -2.42. The number of hydrogen-bond acceptors (Lipinski definition) is 19. The molecule has 19 rings (SSSR count). The van der Waals surface area contributed by atoms with Crippen molar-refractivity contribution in [1.29, 1.82) is 21.0 Å². The summed E-state index contributed by atoms with van der Waals surface area (Å²) in [5.41, 5.74) is 12.5. The topological polar surface area (TPSA) is 310 Å². The first kappa shape index (κ1) is 89.5. The predicted molar refractivity (Wildman–Crippen MR) is 488 cm³/mol. The van der Waals surface area contributed by atoms with E-state index in [1.165, 1.54) is 93.7 Å². The standard InChI is InChI=1S/C29H35N3O.2C27H28N4O2.C23H28N4O2/c30-19-23(17-28(33)29-26-10-11-27(18-26)31-29)16-21-6-8-24(9-7-21)25-12-14-32(15-13-25)20-22-4-2-1-3-5-22;1-33-24-4-2-3-22(15-24)26-17-31(30-29-26)23-9-6-18(7-10-23)11-20(16-28)14-27(32)25-13-19-5-8-21(25)12-19;1-33-27-5-3-2-4-23(27)25-17-31(30-29-25)22-10-7-18(8-11-22)12-20(16-28)15-26(32)24-14-19-6-9-21(24)13-19;1-23(2,29)22-14-27(26-25-22)19-7-4-15(5-8-19)9-17(13-24)12-21(28)20-11-16-3-6-18(20)10-16/h1-9,23,25-27,29,31H,10-18,20H2;2-4,6-7,9-10,15,17,19-21,25H,5,8,11-14H2,1H3;2-5,7-8,10-11,17,19-21,24H,6,9,12-15H2,1H3;4-5,7-8,14,16-18,20,29H,3,6,9-12H2,1-2H3/t23-,26+,27-,29+;19-,20-,21+,25+;19-,20-,21+,24+;16-,17-,18+,20+/m1111/s1. The number of fused-ring (bicyclic) bond motifs is 8. The maximum absolute atomic E-state index is 12.8. The van der Waals surface area contributed by atoms with Crippen molar-refractivity contribution in [3.63, 3.8) is 0 Å². The van der Waals surface area contributed by atoms with Gasteiger partial charge in [-0.2, -0.15) is 21.0 Å². The molecule has 16 atom stereocenters. The Labute approximate surface area is 752 Å². The third kappa shape index (κ3) is 22.2. The van der Waals surface area contributed by atoms with Gasteiger partial charge in [0.2, 0.25) is 0 Å². The van der Waals surface area contributed by atoms with Gasteiger partial charge < -0.3 is 19.9 Å². The zero-order chi connectivity index (χ0) is 88.8. The third-order valence-electron chi connectivity index (χ3n) is 29.4. The number of nitrogens with zero attached hydrogens (tertiary/aromatic N) is 14. The molecule has 0 spiro atoms. The minimum absolute atomic E-state index is 0.00488. The maximum atomic E-state index is 12.8. The van der Waals surface area contributed by atoms with Crippen LogP contribution in [0.3, 0.4) is 0 Å². The number of ketones is 4. The molecule has 660 valence electrons. The summed E-state index contributed by atoms with van der Waals surface area (Å²) < 4.78 is 15.8. The van der Waals surface area contributed by atoms with Crippen molar-refractivity contribution in [3.05, 3.63) is 234 Å². The smallest absolute Gasteiger partial charge is 0.151 e. The number of Topliss-reactive ketones (excluding diaryl/α,β-unsaturated/α-hetero) is 4. The van der Waals surface area contributed by atoms with Crippen LogP contribution in [0.5, 0.6) is 11.5 Å². The van der Waals surface area contributed by atoms with Gasteiger partial charge in [0.25, 0.3) is 0 Å². The number of carbonyl (C=O) groups is 4. The van der Waals surface area contributed by atoms with Crippen molar-refractivity contribution in [2.45, 2.75) is 205 Å². The summed E-state index contributed by atoms with van der Waals surface area (Å²) in [5.74, 6) is 7.30. The molecule has 2 aliphatic heterocycles. The van der Waals surface area contributed by atoms with E-state index in [4.69, 9.17) is 9.47 Å². The minimum Gasteiger partial charge on any atom is -0.497 e. The lowest BCUT2D eigenvalue weighted by molar-refractivity contribution is -0.125. The second kappa shape index (κ2) is 41.5. The number of para-hydroxylation sites is 1. The Morgan fingerprint density at radius 3 is 1.30 bits per heavy atom. The molecule has 9 aliphatic rings. The molecular weight excluding hydrogens is 1600 g/mol. The molecule has 7 aromatic carbocycles. The second-order valence-electron chi connectivity index (χ2n) is 38.5. The molecule has 7 aliphatic carbocycles. The molecule has 5 heterocycles. The number of benzene rings is 7. The summed E-state index contributed by atoms with van der Waals surface area (Å²) in [6, 6.07) is 68.7. The molecule has 0 unspecified atom stereocenters. The van der Waals surface area contributed by atoms with Gasteiger partial charge in [0.05, 0.1) is 104 Å². The molecule has 22 heteroatoms. The summed E-state index contributed by atoms with van der Waals surface area (Å²) in [6.45, 7) is 6.65. The van der Waals surface area contributed by atoms with Crippen molar-refractivity contribution in [2.24, 2.45) is 82.9 Å². The van der Waals surface area contributed by atoms with Crippen LogP contribution in [0.2, 0.25) is 0 Å². The van der Waals surface area contributed by atoms with E-state index in [1.54, 1.807) is 48.3 Å². The summed E-state index contributed by atoms with van der Waals surface area (Å²) >= 11 is 0. The highest BCUT2D eigenvalue weighted by atomic mass is 16.5. The van der Waals surface area contributed by atoms with Gasteiger partial charge in [-0.15, -0.1) is 15.3 Å². The Balaban J connectivity index is 0.000000125. The molecule has 10 aromatic rings. The maximum Gasteiger partial charge on any atom is 0.151 e. The number of aliphatic hydroxyl groups is 1. The van der Waals surface area contributed by atoms with Crippen LogP contribution >= 0.6 is 0 Å². The van der Waals surface area contributed by atoms with Crippen LogP contribution < -0.4 is 14.8 Å². The van der Waals surface area contributed by atoms with E-state index < -0.39 is 5.60 Å². The van der Waals surface area contributed by atoms with Crippen LogP contribution in [-0.2, 0) is 57.0 Å². The number of piperidine rings is 2. The molecule has 7 saturated carbocycles. The van der Waals surface area contributed by atoms with Gasteiger partial charge in [-0.1, -0.05) is 150 Å². The van der Waals surface area contributed by atoms with Crippen LogP contribution in [0, 0.1) is 128 Å². The predicted octanol–water partition coefficient (Wildman–Crippen LogP) is 18.5. The van der Waals surface area contributed by atoms with Gasteiger partial charge in [-0.05, 0) is 284 Å². The first-order valence-corrected chi connectivity index (χ1v) is 46.6. The Kier molecular flexibility index (Phi) is 29.0. The summed E-state index contributed by atoms with van der Waals surface area (Å²) in [5, 5.41) is 77.3. The Morgan fingerprint density at radius 2 is 0.883 bits per heavy atom. The SMILES string of the molecule is CC(C)(O)c1cn(-c2ccc(C[C@@H](C#N)CC(=O)[C@H]3C[C@@H]4CC[C@H]3C4)cc2)nn1.COc1cccc(-c2cn(-c3ccc(C[C@@H](C#N)CC(=O)[C@H]4C[C@@H]5CC[C@H]4C5)cc3)nn2)c1.COc1ccccc1-c1cn(-c2ccc(C[C@@H](C#N)CC(=O)[C@H]3C[C@@H]4CC[C@H]3C4)cc2)nn1.N#C[C@@H](CC(=O)[C@H]1N[C@@H]2CC[C@H]1C2)Cc1ccc(C2CCN(Cc3ccccc3)CC2)cc1. The van der Waals surface area contributed by atoms with Crippen LogP contribution in [0.4, 0.5) is 0 Å². The fraction of sp³-hybridized carbons (Fsp3) is 0.472. The first-order valence-electron chi connectivity index (χ1n) is 46.6. The molecular formula is C106H119N15O7. The van der Waals surface area contributed by atoms with Crippen molar-refractivity contribution in [2.75, 3.05) is 27.3 Å². The van der Waals surface area contributed by atoms with Crippen molar-refractivity contribution >= 4 is 23.1 Å². The molecule has 3 aromatic heterocycles. The van der Waals surface area contributed by atoms with Gasteiger partial charge in [0, 0.05) is 67.2 Å². The van der Waals surface area contributed by atoms with E-state index in [-0.39, 0.29) is 53.3 Å². The van der Waals surface area contributed by atoms with Gasteiger partial charge in [0.1, 0.15) is 51.5 Å². The molecule has 9 fully saturated rings. The first-order chi connectivity index (χ1) is 62.3. The van der Waals surface area contributed by atoms with Crippen LogP contribution in [0.15, 0.2) is 195 Å². The average Bonchev–Trinajstić information content (AvgIpc) is 1.66. The van der Waals surface area contributed by atoms with Crippen molar-refractivity contribution in [3.8, 4) is 75.4 Å². The zero-order valence-corrected chi connectivity index (χ0v) is 74.2. The van der Waals surface area contributed by atoms with E-state index in [2.05, 4.69) is 120 Å². The van der Waals surface area contributed by atoms with E-state index in [0.29, 0.717) is 110 Å². The number of aromatic nitrogens is 9. The fourth-order valence-electron chi connectivity index (χ4n) is 22.4. The lowest BCUT2D eigenvalue weighted by Gasteiger charge is -2.32. The Hall–Kier alpha value is -11.9. The zero-order valence-electron chi connectivity index (χ0n) is 74.2. The number of nitriles is 4. The number of likely N-dealkylation sites (tertiary alicyclic amines) is 1. The number of nitrogens with one attached hydrogen (secondary N) is 1. The third-order valence-corrected chi connectivity index (χ3v) is 29.4. The highest BCUT2D eigenvalue weighted by Gasteiger charge is 2.47. The fourth-order valence-corrected chi connectivity index (χ4v) is 22.4. The second-order valence-corrected chi connectivity index (χ2v) is 38.5. The Morgan fingerprint density at radius 1 is 0.445 bits per heavy atom. The van der Waals surface area contributed by atoms with Crippen LogP contribution in [-0.4, -0.2) is 118 Å². The molecule has 2 N–H and O–H groups in total. The van der Waals surface area contributed by atoms with Crippen LogP contribution in [0.1, 0.15) is 194 Å². The Bertz CT molecular complexity index is 5630. The minimum atomic E-state index is -1.04.